The van der Waals surface area contributed by atoms with Crippen molar-refractivity contribution in [3.63, 3.8) is 0 Å². The first kappa shape index (κ1) is 24.4. The van der Waals surface area contributed by atoms with Crippen LogP contribution in [0.2, 0.25) is 0 Å². The van der Waals surface area contributed by atoms with Gasteiger partial charge in [-0.05, 0) is 37.3 Å². The van der Waals surface area contributed by atoms with Gasteiger partial charge < -0.3 is 19.3 Å². The average Bonchev–Trinajstić information content (AvgIpc) is 2.85. The number of rotatable bonds is 8. The van der Waals surface area contributed by atoms with Crippen molar-refractivity contribution < 1.29 is 18.6 Å². The number of hydrogen-bond acceptors (Lipinski definition) is 6. The van der Waals surface area contributed by atoms with Gasteiger partial charge in [0.2, 0.25) is 0 Å². The molecule has 4 aromatic rings. The molecule has 0 radical (unpaired) electrons. The lowest BCUT2D eigenvalue weighted by Crippen LogP contribution is -2.22. The number of halogens is 2. The molecule has 0 aliphatic rings. The maximum absolute atomic E-state index is 15.0. The number of hydrogen-bond donors (Lipinski definition) is 1. The molecule has 0 bridgehead atoms. The minimum absolute atomic E-state index is 0.0197. The topological polar surface area (TPSA) is 80.5 Å². The molecule has 2 aromatic heterocycles. The lowest BCUT2D eigenvalue weighted by molar-refractivity contribution is 0.154. The van der Waals surface area contributed by atoms with Gasteiger partial charge in [-0.15, -0.1) is 0 Å². The van der Waals surface area contributed by atoms with Gasteiger partial charge in [0.25, 0.3) is 5.56 Å². The molecule has 182 valence electrons. The van der Waals surface area contributed by atoms with Gasteiger partial charge in [0, 0.05) is 61.6 Å². The van der Waals surface area contributed by atoms with E-state index in [9.17, 15) is 18.7 Å². The highest BCUT2D eigenvalue weighted by Crippen LogP contribution is 2.34. The van der Waals surface area contributed by atoms with Crippen LogP contribution in [0.15, 0.2) is 59.7 Å². The molecule has 7 nitrogen and oxygen atoms in total. The molecule has 0 fully saturated rings. The monoisotopic (exact) mass is 480 g/mol. The highest BCUT2D eigenvalue weighted by atomic mass is 19.1. The first-order valence-electron chi connectivity index (χ1n) is 11.2. The van der Waals surface area contributed by atoms with E-state index in [2.05, 4.69) is 9.97 Å². The van der Waals surface area contributed by atoms with E-state index in [0.717, 1.165) is 11.8 Å². The van der Waals surface area contributed by atoms with E-state index in [1.54, 1.807) is 6.07 Å². The largest absolute Gasteiger partial charge is 0.382 e. The van der Waals surface area contributed by atoms with Gasteiger partial charge in [-0.3, -0.25) is 4.79 Å². The summed E-state index contributed by atoms with van der Waals surface area (Å²) in [7, 11) is 3.41. The van der Waals surface area contributed by atoms with Crippen LogP contribution in [0.3, 0.4) is 0 Å². The summed E-state index contributed by atoms with van der Waals surface area (Å²) in [6.45, 7) is 3.85. The quantitative estimate of drug-likeness (QED) is 0.386. The number of likely N-dealkylation sites (N-methyl/N-ethyl adjacent to an activating group) is 1. The second kappa shape index (κ2) is 10.3. The number of nitrogens with zero attached hydrogens (tertiary/aromatic N) is 4. The van der Waals surface area contributed by atoms with Crippen molar-refractivity contribution in [1.29, 1.82) is 0 Å². The number of ether oxygens (including phenoxy) is 1. The first-order chi connectivity index (χ1) is 16.8. The molecule has 4 rings (SSSR count). The summed E-state index contributed by atoms with van der Waals surface area (Å²) in [4.78, 5) is 22.6. The van der Waals surface area contributed by atoms with Crippen molar-refractivity contribution in [3.8, 4) is 11.3 Å². The van der Waals surface area contributed by atoms with Crippen molar-refractivity contribution in [2.45, 2.75) is 13.0 Å². The second-order valence-corrected chi connectivity index (χ2v) is 8.15. The van der Waals surface area contributed by atoms with Crippen LogP contribution in [0.1, 0.15) is 24.3 Å². The Morgan fingerprint density at radius 1 is 1.11 bits per heavy atom. The first-order valence-corrected chi connectivity index (χ1v) is 11.2. The van der Waals surface area contributed by atoms with E-state index >= 15 is 0 Å². The van der Waals surface area contributed by atoms with Crippen LogP contribution in [-0.4, -0.2) is 46.4 Å². The zero-order chi connectivity index (χ0) is 25.1. The SMILES string of the molecule is CCOCCN(C)c1ccc2c(-c3cc(C(O)c4cccc(=O)n4C)c(F)cc3F)ncnc2c1. The summed E-state index contributed by atoms with van der Waals surface area (Å²) in [5.41, 5.74) is 1.45. The third-order valence-corrected chi connectivity index (χ3v) is 5.98. The molecule has 0 amide bonds. The molecule has 0 spiro atoms. The molecule has 0 saturated heterocycles. The third kappa shape index (κ3) is 4.91. The van der Waals surface area contributed by atoms with Gasteiger partial charge >= 0.3 is 0 Å². The maximum Gasteiger partial charge on any atom is 0.250 e. The Kier molecular flexibility index (Phi) is 7.18. The van der Waals surface area contributed by atoms with Gasteiger partial charge in [-0.1, -0.05) is 6.07 Å². The van der Waals surface area contributed by atoms with Crippen molar-refractivity contribution in [1.82, 2.24) is 14.5 Å². The average molecular weight is 481 g/mol. The third-order valence-electron chi connectivity index (χ3n) is 5.98. The van der Waals surface area contributed by atoms with Gasteiger partial charge in [0.15, 0.2) is 0 Å². The standard InChI is InChI=1S/C26H26F2N4O3/c1-4-35-11-10-31(2)16-8-9-17-22(12-16)29-15-30-25(17)18-13-19(21(28)14-20(18)27)26(34)23-6-5-7-24(33)32(23)3/h5-9,12-15,26,34H,4,10-11H2,1-3H3. The summed E-state index contributed by atoms with van der Waals surface area (Å²) < 4.78 is 36.4. The summed E-state index contributed by atoms with van der Waals surface area (Å²) in [5, 5.41) is 11.4. The smallest absolute Gasteiger partial charge is 0.250 e. The maximum atomic E-state index is 15.0. The van der Waals surface area contributed by atoms with E-state index in [-0.39, 0.29) is 28.1 Å². The number of benzene rings is 2. The molecular formula is C26H26F2N4O3. The minimum Gasteiger partial charge on any atom is -0.382 e. The summed E-state index contributed by atoms with van der Waals surface area (Å²) in [6.07, 6.45) is -0.159. The summed E-state index contributed by atoms with van der Waals surface area (Å²) in [5.74, 6) is -1.75. The van der Waals surface area contributed by atoms with Gasteiger partial charge in [-0.25, -0.2) is 18.7 Å². The predicted octanol–water partition coefficient (Wildman–Crippen LogP) is 3.83. The normalized spacial score (nSPS) is 12.2. The zero-order valence-electron chi connectivity index (χ0n) is 19.7. The minimum atomic E-state index is -1.48. The fourth-order valence-corrected chi connectivity index (χ4v) is 3.94. The van der Waals surface area contributed by atoms with E-state index in [4.69, 9.17) is 4.74 Å². The van der Waals surface area contributed by atoms with Crippen LogP contribution >= 0.6 is 0 Å². The molecule has 9 heteroatoms. The number of aromatic nitrogens is 3. The molecule has 1 atom stereocenters. The van der Waals surface area contributed by atoms with Crippen LogP contribution in [0.4, 0.5) is 14.5 Å². The van der Waals surface area contributed by atoms with Gasteiger partial charge in [0.1, 0.15) is 24.1 Å². The van der Waals surface area contributed by atoms with Crippen LogP contribution in [0.5, 0.6) is 0 Å². The Hall–Kier alpha value is -3.69. The number of anilines is 1. The Labute approximate surface area is 201 Å². The van der Waals surface area contributed by atoms with Crippen molar-refractivity contribution >= 4 is 16.6 Å². The number of pyridine rings is 1. The fraction of sp³-hybridized carbons (Fsp3) is 0.269. The fourth-order valence-electron chi connectivity index (χ4n) is 3.94. The van der Waals surface area contributed by atoms with E-state index in [0.29, 0.717) is 30.7 Å². The lowest BCUT2D eigenvalue weighted by Gasteiger charge is -2.20. The molecule has 1 N–H and O–H groups in total. The number of fused-ring (bicyclic) bond motifs is 1. The zero-order valence-corrected chi connectivity index (χ0v) is 19.7. The van der Waals surface area contributed by atoms with Gasteiger partial charge in [-0.2, -0.15) is 0 Å². The summed E-state index contributed by atoms with van der Waals surface area (Å²) in [6, 6.07) is 11.8. The van der Waals surface area contributed by atoms with E-state index in [1.165, 1.54) is 42.2 Å². The molecule has 1 unspecified atom stereocenters. The second-order valence-electron chi connectivity index (χ2n) is 8.15. The molecule has 0 aliphatic heterocycles. The molecule has 2 aromatic carbocycles. The Morgan fingerprint density at radius 2 is 1.91 bits per heavy atom. The van der Waals surface area contributed by atoms with Gasteiger partial charge in [0.05, 0.1) is 23.5 Å². The molecule has 0 aliphatic carbocycles. The Bertz CT molecular complexity index is 1420. The highest BCUT2D eigenvalue weighted by molar-refractivity contribution is 5.94. The van der Waals surface area contributed by atoms with E-state index < -0.39 is 17.7 Å². The molecule has 0 saturated carbocycles. The lowest BCUT2D eigenvalue weighted by atomic mass is 9.98. The Balaban J connectivity index is 1.77. The van der Waals surface area contributed by atoms with E-state index in [1.807, 2.05) is 31.0 Å². The van der Waals surface area contributed by atoms with Crippen molar-refractivity contribution in [2.75, 3.05) is 31.7 Å². The van der Waals surface area contributed by atoms with Crippen molar-refractivity contribution in [2.24, 2.45) is 7.05 Å². The van der Waals surface area contributed by atoms with Crippen LogP contribution < -0.4 is 10.5 Å². The predicted molar refractivity (Wildman–Crippen MR) is 130 cm³/mol. The highest BCUT2D eigenvalue weighted by Gasteiger charge is 2.22. The number of aliphatic hydroxyl groups excluding tert-OH is 1. The van der Waals surface area contributed by atoms with Crippen LogP contribution in [0.25, 0.3) is 22.2 Å². The Morgan fingerprint density at radius 3 is 2.69 bits per heavy atom. The molecule has 35 heavy (non-hydrogen) atoms. The molecule has 2 heterocycles. The molecular weight excluding hydrogens is 454 g/mol. The summed E-state index contributed by atoms with van der Waals surface area (Å²) >= 11 is 0. The van der Waals surface area contributed by atoms with Crippen molar-refractivity contribution in [3.05, 3.63) is 88.1 Å². The van der Waals surface area contributed by atoms with Crippen LogP contribution in [0, 0.1) is 11.6 Å². The number of aliphatic hydroxyl groups is 1. The van der Waals surface area contributed by atoms with Crippen LogP contribution in [-0.2, 0) is 11.8 Å².